The second kappa shape index (κ2) is 8.62. The van der Waals surface area contributed by atoms with Crippen molar-refractivity contribution in [3.63, 3.8) is 0 Å². The van der Waals surface area contributed by atoms with Gasteiger partial charge in [-0.3, -0.25) is 14.7 Å². The van der Waals surface area contributed by atoms with E-state index in [0.717, 1.165) is 11.3 Å². The fourth-order valence-corrected chi connectivity index (χ4v) is 2.92. The van der Waals surface area contributed by atoms with Crippen LogP contribution in [0.1, 0.15) is 11.4 Å². The molecule has 0 saturated heterocycles. The molecule has 10 heteroatoms. The molecule has 0 amide bonds. The van der Waals surface area contributed by atoms with E-state index < -0.39 is 4.92 Å². The Morgan fingerprint density at radius 2 is 1.90 bits per heavy atom. The molecule has 4 aromatic rings. The molecule has 152 valence electrons. The van der Waals surface area contributed by atoms with E-state index in [0.29, 0.717) is 42.4 Å². The zero-order valence-corrected chi connectivity index (χ0v) is 16.1. The van der Waals surface area contributed by atoms with Gasteiger partial charge in [0.2, 0.25) is 5.95 Å². The molecule has 0 aliphatic carbocycles. The van der Waals surface area contributed by atoms with Crippen molar-refractivity contribution < 1.29 is 14.4 Å². The van der Waals surface area contributed by atoms with E-state index in [1.807, 2.05) is 24.3 Å². The van der Waals surface area contributed by atoms with Gasteiger partial charge in [0.05, 0.1) is 22.6 Å². The molecule has 0 saturated carbocycles. The highest BCUT2D eigenvalue weighted by atomic mass is 16.6. The SMILES string of the molecule is COCCOc1ccc(Cc2ncnc(-n3cnc4ccc([N+](=O)[O-])cc43)n2)cc1. The molecule has 2 heterocycles. The molecule has 0 fully saturated rings. The Balaban J connectivity index is 1.55. The Morgan fingerprint density at radius 3 is 2.67 bits per heavy atom. The molecule has 0 atom stereocenters. The summed E-state index contributed by atoms with van der Waals surface area (Å²) in [7, 11) is 1.63. The van der Waals surface area contributed by atoms with Gasteiger partial charge in [-0.1, -0.05) is 12.1 Å². The Hall–Kier alpha value is -3.92. The first kappa shape index (κ1) is 19.4. The van der Waals surface area contributed by atoms with Gasteiger partial charge < -0.3 is 9.47 Å². The summed E-state index contributed by atoms with van der Waals surface area (Å²) < 4.78 is 12.1. The molecule has 0 spiro atoms. The first-order valence-electron chi connectivity index (χ1n) is 9.14. The van der Waals surface area contributed by atoms with Crippen LogP contribution in [0, 0.1) is 10.1 Å². The minimum absolute atomic E-state index is 0.0219. The number of hydrogen-bond acceptors (Lipinski definition) is 8. The minimum atomic E-state index is -0.446. The summed E-state index contributed by atoms with van der Waals surface area (Å²) in [4.78, 5) is 27.9. The molecule has 0 radical (unpaired) electrons. The summed E-state index contributed by atoms with van der Waals surface area (Å²) in [6.45, 7) is 1.02. The number of imidazole rings is 1. The van der Waals surface area contributed by atoms with E-state index in [1.54, 1.807) is 24.1 Å². The average molecular weight is 406 g/mol. The number of fused-ring (bicyclic) bond motifs is 1. The molecule has 0 aliphatic heterocycles. The number of nitro groups is 1. The lowest BCUT2D eigenvalue weighted by atomic mass is 10.1. The van der Waals surface area contributed by atoms with Crippen molar-refractivity contribution in [3.05, 3.63) is 76.6 Å². The number of non-ortho nitro benzene ring substituents is 1. The van der Waals surface area contributed by atoms with Crippen LogP contribution in [-0.2, 0) is 11.2 Å². The van der Waals surface area contributed by atoms with Gasteiger partial charge in [0.15, 0.2) is 0 Å². The highest BCUT2D eigenvalue weighted by Gasteiger charge is 2.13. The van der Waals surface area contributed by atoms with Crippen LogP contribution in [0.15, 0.2) is 55.1 Å². The monoisotopic (exact) mass is 406 g/mol. The van der Waals surface area contributed by atoms with Gasteiger partial charge in [-0.15, -0.1) is 0 Å². The third-order valence-electron chi connectivity index (χ3n) is 4.41. The van der Waals surface area contributed by atoms with Crippen molar-refractivity contribution in [2.75, 3.05) is 20.3 Å². The highest BCUT2D eigenvalue weighted by Crippen LogP contribution is 2.22. The van der Waals surface area contributed by atoms with Gasteiger partial charge in [-0.25, -0.2) is 15.0 Å². The lowest BCUT2D eigenvalue weighted by molar-refractivity contribution is -0.384. The molecule has 10 nitrogen and oxygen atoms in total. The van der Waals surface area contributed by atoms with Crippen molar-refractivity contribution in [1.82, 2.24) is 24.5 Å². The maximum atomic E-state index is 11.1. The number of benzene rings is 2. The quantitative estimate of drug-likeness (QED) is 0.249. The van der Waals surface area contributed by atoms with Crippen molar-refractivity contribution in [2.45, 2.75) is 6.42 Å². The van der Waals surface area contributed by atoms with E-state index in [-0.39, 0.29) is 5.69 Å². The molecule has 30 heavy (non-hydrogen) atoms. The molecule has 2 aromatic carbocycles. The average Bonchev–Trinajstić information content (AvgIpc) is 3.19. The van der Waals surface area contributed by atoms with Crippen molar-refractivity contribution >= 4 is 16.7 Å². The summed E-state index contributed by atoms with van der Waals surface area (Å²) in [6, 6.07) is 12.1. The summed E-state index contributed by atoms with van der Waals surface area (Å²) in [5.41, 5.74) is 2.16. The topological polar surface area (TPSA) is 118 Å². The van der Waals surface area contributed by atoms with Crippen molar-refractivity contribution in [2.24, 2.45) is 0 Å². The van der Waals surface area contributed by atoms with Gasteiger partial charge in [-0.2, -0.15) is 4.98 Å². The minimum Gasteiger partial charge on any atom is -0.491 e. The third kappa shape index (κ3) is 4.23. The summed E-state index contributed by atoms with van der Waals surface area (Å²) in [5, 5.41) is 11.1. The van der Waals surface area contributed by atoms with Gasteiger partial charge in [-0.05, 0) is 23.8 Å². The van der Waals surface area contributed by atoms with E-state index >= 15 is 0 Å². The summed E-state index contributed by atoms with van der Waals surface area (Å²) in [6.07, 6.45) is 3.46. The number of methoxy groups -OCH3 is 1. The largest absolute Gasteiger partial charge is 0.491 e. The maximum absolute atomic E-state index is 11.1. The number of hydrogen-bond donors (Lipinski definition) is 0. The maximum Gasteiger partial charge on any atom is 0.271 e. The molecule has 2 aromatic heterocycles. The number of rotatable bonds is 8. The van der Waals surface area contributed by atoms with Crippen LogP contribution < -0.4 is 4.74 Å². The van der Waals surface area contributed by atoms with Gasteiger partial charge in [0, 0.05) is 25.7 Å². The molecule has 0 N–H and O–H groups in total. The lowest BCUT2D eigenvalue weighted by Gasteiger charge is -2.07. The smallest absolute Gasteiger partial charge is 0.271 e. The molecular weight excluding hydrogens is 388 g/mol. The zero-order valence-electron chi connectivity index (χ0n) is 16.1. The Bertz CT molecular complexity index is 1180. The molecule has 0 bridgehead atoms. The van der Waals surface area contributed by atoms with Crippen LogP contribution in [-0.4, -0.2) is 49.7 Å². The van der Waals surface area contributed by atoms with Gasteiger partial charge in [0.1, 0.15) is 30.8 Å². The van der Waals surface area contributed by atoms with E-state index in [1.165, 1.54) is 18.5 Å². The molecule has 4 rings (SSSR count). The summed E-state index contributed by atoms with van der Waals surface area (Å²) >= 11 is 0. The highest BCUT2D eigenvalue weighted by molar-refractivity contribution is 5.79. The van der Waals surface area contributed by atoms with Crippen LogP contribution >= 0.6 is 0 Å². The number of aromatic nitrogens is 5. The first-order chi connectivity index (χ1) is 14.6. The molecule has 0 aliphatic rings. The standard InChI is InChI=1S/C20H18N6O4/c1-29-8-9-30-16-5-2-14(3-6-16)10-19-21-12-22-20(24-19)25-13-23-17-7-4-15(26(27)28)11-18(17)25/h2-7,11-13H,8-10H2,1H3. The fourth-order valence-electron chi connectivity index (χ4n) is 2.92. The number of nitro benzene ring substituents is 1. The third-order valence-corrected chi connectivity index (χ3v) is 4.41. The summed E-state index contributed by atoms with van der Waals surface area (Å²) in [5.74, 6) is 1.68. The van der Waals surface area contributed by atoms with E-state index in [9.17, 15) is 10.1 Å². The normalized spacial score (nSPS) is 11.0. The van der Waals surface area contributed by atoms with Crippen molar-refractivity contribution in [3.8, 4) is 11.7 Å². The Morgan fingerprint density at radius 1 is 1.07 bits per heavy atom. The number of ether oxygens (including phenoxy) is 2. The Kier molecular flexibility index (Phi) is 5.57. The molecular formula is C20H18N6O4. The van der Waals surface area contributed by atoms with Crippen LogP contribution in [0.5, 0.6) is 5.75 Å². The van der Waals surface area contributed by atoms with Crippen LogP contribution in [0.2, 0.25) is 0 Å². The van der Waals surface area contributed by atoms with Crippen LogP contribution in [0.25, 0.3) is 17.0 Å². The fraction of sp³-hybridized carbons (Fsp3) is 0.200. The lowest BCUT2D eigenvalue weighted by Crippen LogP contribution is -2.06. The van der Waals surface area contributed by atoms with Crippen molar-refractivity contribution in [1.29, 1.82) is 0 Å². The first-order valence-corrected chi connectivity index (χ1v) is 9.14. The van der Waals surface area contributed by atoms with Crippen LogP contribution in [0.4, 0.5) is 5.69 Å². The predicted molar refractivity (Wildman–Crippen MR) is 108 cm³/mol. The molecule has 0 unspecified atom stereocenters. The Labute approximate surface area is 171 Å². The number of nitrogens with zero attached hydrogens (tertiary/aromatic N) is 6. The second-order valence-corrected chi connectivity index (χ2v) is 6.41. The van der Waals surface area contributed by atoms with Crippen LogP contribution in [0.3, 0.4) is 0 Å². The second-order valence-electron chi connectivity index (χ2n) is 6.41. The van der Waals surface area contributed by atoms with E-state index in [4.69, 9.17) is 9.47 Å². The predicted octanol–water partition coefficient (Wildman–Crippen LogP) is 2.73. The van der Waals surface area contributed by atoms with E-state index in [2.05, 4.69) is 19.9 Å². The zero-order chi connectivity index (χ0) is 20.9. The van der Waals surface area contributed by atoms with Gasteiger partial charge >= 0.3 is 0 Å². The van der Waals surface area contributed by atoms with Gasteiger partial charge in [0.25, 0.3) is 5.69 Å².